The van der Waals surface area contributed by atoms with Gasteiger partial charge in [0.15, 0.2) is 5.65 Å². The summed E-state index contributed by atoms with van der Waals surface area (Å²) >= 11 is 12.3. The molecule has 0 spiro atoms. The van der Waals surface area contributed by atoms with E-state index in [-0.39, 0.29) is 6.04 Å². The average Bonchev–Trinajstić information content (AvgIpc) is 3.12. The van der Waals surface area contributed by atoms with Crippen molar-refractivity contribution in [3.63, 3.8) is 0 Å². The zero-order chi connectivity index (χ0) is 22.2. The van der Waals surface area contributed by atoms with Gasteiger partial charge in [0.1, 0.15) is 11.6 Å². The van der Waals surface area contributed by atoms with Crippen LogP contribution in [0.3, 0.4) is 0 Å². The fourth-order valence-corrected chi connectivity index (χ4v) is 4.46. The predicted molar refractivity (Wildman–Crippen MR) is 127 cm³/mol. The van der Waals surface area contributed by atoms with Crippen molar-refractivity contribution in [3.05, 3.63) is 58.3 Å². The van der Waals surface area contributed by atoms with Crippen LogP contribution in [0.4, 0.5) is 16.2 Å². The Labute approximate surface area is 194 Å². The van der Waals surface area contributed by atoms with Gasteiger partial charge in [0.05, 0.1) is 26.8 Å². The van der Waals surface area contributed by atoms with Crippen LogP contribution in [0.2, 0.25) is 10.0 Å². The molecule has 32 heavy (non-hydrogen) atoms. The number of benzene rings is 2. The molecule has 164 valence electrons. The van der Waals surface area contributed by atoms with Crippen LogP contribution in [0.1, 0.15) is 32.1 Å². The highest BCUT2D eigenvalue weighted by molar-refractivity contribution is 6.42. The van der Waals surface area contributed by atoms with Crippen LogP contribution >= 0.6 is 23.2 Å². The minimum Gasteiger partial charge on any atom is -0.383 e. The van der Waals surface area contributed by atoms with Crippen LogP contribution in [0, 0.1) is 5.82 Å². The summed E-state index contributed by atoms with van der Waals surface area (Å²) in [4.78, 5) is 9.30. The van der Waals surface area contributed by atoms with Gasteiger partial charge >= 0.3 is 0 Å². The minimum absolute atomic E-state index is 0.282. The molecule has 3 N–H and O–H groups in total. The van der Waals surface area contributed by atoms with Crippen molar-refractivity contribution < 1.29 is 4.39 Å². The number of hydrogen-bond donors (Lipinski definition) is 2. The number of hydrogen-bond acceptors (Lipinski definition) is 5. The summed E-state index contributed by atoms with van der Waals surface area (Å²) in [5.41, 5.74) is 8.22. The first-order valence-electron chi connectivity index (χ1n) is 10.5. The van der Waals surface area contributed by atoms with E-state index in [4.69, 9.17) is 28.9 Å². The summed E-state index contributed by atoms with van der Waals surface area (Å²) in [6.45, 7) is 0. The van der Waals surface area contributed by atoms with Crippen LogP contribution < -0.4 is 11.1 Å². The topological polar surface area (TPSA) is 81.7 Å². The SMILES string of the molecule is Nc1c2c(-c3ccccc3F)nc(NC3CCCCC3)nc2nn1-c1ccc(Cl)c(Cl)c1. The zero-order valence-electron chi connectivity index (χ0n) is 17.2. The Morgan fingerprint density at radius 3 is 2.53 bits per heavy atom. The van der Waals surface area contributed by atoms with Crippen LogP contribution in [0.5, 0.6) is 0 Å². The second-order valence-corrected chi connectivity index (χ2v) is 8.76. The van der Waals surface area contributed by atoms with Crippen molar-refractivity contribution in [1.82, 2.24) is 19.7 Å². The van der Waals surface area contributed by atoms with Crippen molar-refractivity contribution in [2.24, 2.45) is 0 Å². The first-order valence-corrected chi connectivity index (χ1v) is 11.3. The van der Waals surface area contributed by atoms with Gasteiger partial charge < -0.3 is 11.1 Å². The summed E-state index contributed by atoms with van der Waals surface area (Å²) in [5.74, 6) is 0.320. The van der Waals surface area contributed by atoms with E-state index >= 15 is 0 Å². The Balaban J connectivity index is 1.69. The number of anilines is 2. The fraction of sp³-hybridized carbons (Fsp3) is 0.261. The molecule has 1 aliphatic rings. The van der Waals surface area contributed by atoms with Crippen LogP contribution in [0.15, 0.2) is 42.5 Å². The standard InChI is InChI=1S/C23H21Cl2FN6/c24-16-11-10-14(12-17(16)25)32-21(27)19-20(15-8-4-5-9-18(15)26)29-23(30-22(19)31-32)28-13-6-2-1-3-7-13/h4-5,8-13H,1-3,6-7,27H2,(H,28,30,31). The summed E-state index contributed by atoms with van der Waals surface area (Å²) in [6, 6.07) is 11.9. The molecule has 5 rings (SSSR count). The predicted octanol–water partition coefficient (Wildman–Crippen LogP) is 6.26. The monoisotopic (exact) mass is 470 g/mol. The van der Waals surface area contributed by atoms with Crippen molar-refractivity contribution in [1.29, 1.82) is 0 Å². The lowest BCUT2D eigenvalue weighted by Crippen LogP contribution is -2.23. The highest BCUT2D eigenvalue weighted by atomic mass is 35.5. The first kappa shape index (κ1) is 21.0. The summed E-state index contributed by atoms with van der Waals surface area (Å²) in [6.07, 6.45) is 5.67. The second kappa shape index (κ2) is 8.56. The Hall–Kier alpha value is -2.90. The molecule has 0 aliphatic heterocycles. The van der Waals surface area contributed by atoms with Gasteiger partial charge in [-0.05, 0) is 43.2 Å². The van der Waals surface area contributed by atoms with Gasteiger partial charge in [0.2, 0.25) is 5.95 Å². The maximum Gasteiger partial charge on any atom is 0.225 e. The van der Waals surface area contributed by atoms with Crippen LogP contribution in [0.25, 0.3) is 28.0 Å². The summed E-state index contributed by atoms with van der Waals surface area (Å²) in [5, 5.41) is 9.30. The average molecular weight is 471 g/mol. The Morgan fingerprint density at radius 2 is 1.78 bits per heavy atom. The van der Waals surface area contributed by atoms with Gasteiger partial charge in [-0.15, -0.1) is 5.10 Å². The Kier molecular flexibility index (Phi) is 5.61. The molecule has 0 bridgehead atoms. The molecule has 0 amide bonds. The van der Waals surface area contributed by atoms with E-state index in [1.54, 1.807) is 36.4 Å². The normalized spacial score (nSPS) is 14.7. The third-order valence-corrected chi connectivity index (χ3v) is 6.52. The molecule has 0 atom stereocenters. The number of nitrogens with zero attached hydrogens (tertiary/aromatic N) is 4. The third-order valence-electron chi connectivity index (χ3n) is 5.78. The number of nitrogens with two attached hydrogens (primary N) is 1. The summed E-state index contributed by atoms with van der Waals surface area (Å²) in [7, 11) is 0. The van der Waals surface area contributed by atoms with Crippen molar-refractivity contribution in [3.8, 4) is 16.9 Å². The number of rotatable bonds is 4. The number of fused-ring (bicyclic) bond motifs is 1. The van der Waals surface area contributed by atoms with Gasteiger partial charge in [-0.25, -0.2) is 14.1 Å². The Bertz CT molecular complexity index is 1300. The maximum absolute atomic E-state index is 14.8. The van der Waals surface area contributed by atoms with Gasteiger partial charge in [0.25, 0.3) is 0 Å². The van der Waals surface area contributed by atoms with Crippen molar-refractivity contribution in [2.45, 2.75) is 38.1 Å². The van der Waals surface area contributed by atoms with Gasteiger partial charge in [-0.2, -0.15) is 4.98 Å². The number of halogens is 3. The van der Waals surface area contributed by atoms with E-state index in [0.717, 1.165) is 12.8 Å². The second-order valence-electron chi connectivity index (χ2n) is 7.95. The smallest absolute Gasteiger partial charge is 0.225 e. The molecule has 4 aromatic rings. The number of nitrogen functional groups attached to an aromatic ring is 1. The first-order chi connectivity index (χ1) is 15.5. The molecule has 6 nitrogen and oxygen atoms in total. The molecule has 0 saturated heterocycles. The van der Waals surface area contributed by atoms with E-state index in [2.05, 4.69) is 20.4 Å². The fourth-order valence-electron chi connectivity index (χ4n) is 4.17. The third kappa shape index (κ3) is 3.87. The highest BCUT2D eigenvalue weighted by Crippen LogP contribution is 2.35. The molecular weight excluding hydrogens is 450 g/mol. The van der Waals surface area contributed by atoms with Crippen molar-refractivity contribution in [2.75, 3.05) is 11.1 Å². The molecule has 2 heterocycles. The number of aromatic nitrogens is 4. The lowest BCUT2D eigenvalue weighted by molar-refractivity contribution is 0.461. The van der Waals surface area contributed by atoms with E-state index in [1.807, 2.05) is 0 Å². The Morgan fingerprint density at radius 1 is 1.00 bits per heavy atom. The van der Waals surface area contributed by atoms with Crippen LogP contribution in [-0.2, 0) is 0 Å². The quantitative estimate of drug-likeness (QED) is 0.368. The molecule has 0 unspecified atom stereocenters. The largest absolute Gasteiger partial charge is 0.383 e. The van der Waals surface area contributed by atoms with Crippen molar-refractivity contribution >= 4 is 46.0 Å². The van der Waals surface area contributed by atoms with E-state index < -0.39 is 5.82 Å². The van der Waals surface area contributed by atoms with Gasteiger partial charge in [-0.3, -0.25) is 0 Å². The van der Waals surface area contributed by atoms with Crippen LogP contribution in [-0.4, -0.2) is 25.8 Å². The van der Waals surface area contributed by atoms with E-state index in [9.17, 15) is 4.39 Å². The lowest BCUT2D eigenvalue weighted by Gasteiger charge is -2.22. The molecular formula is C23H21Cl2FN6. The van der Waals surface area contributed by atoms with Gasteiger partial charge in [-0.1, -0.05) is 54.6 Å². The molecule has 1 fully saturated rings. The molecule has 2 aromatic carbocycles. The maximum atomic E-state index is 14.8. The molecule has 1 aliphatic carbocycles. The number of nitrogens with one attached hydrogen (secondary N) is 1. The zero-order valence-corrected chi connectivity index (χ0v) is 18.7. The van der Waals surface area contributed by atoms with E-state index in [1.165, 1.54) is 30.0 Å². The molecule has 9 heteroatoms. The lowest BCUT2D eigenvalue weighted by atomic mass is 9.96. The molecule has 0 radical (unpaired) electrons. The minimum atomic E-state index is -0.391. The van der Waals surface area contributed by atoms with Gasteiger partial charge in [0, 0.05) is 11.6 Å². The molecule has 1 saturated carbocycles. The van der Waals surface area contributed by atoms with E-state index in [0.29, 0.717) is 49.8 Å². The highest BCUT2D eigenvalue weighted by Gasteiger charge is 2.22. The summed E-state index contributed by atoms with van der Waals surface area (Å²) < 4.78 is 16.3. The molecule has 2 aromatic heterocycles.